The van der Waals surface area contributed by atoms with Gasteiger partial charge >= 0.3 is 0 Å². The molecule has 2 heterocycles. The van der Waals surface area contributed by atoms with Gasteiger partial charge in [0, 0.05) is 42.5 Å². The Morgan fingerprint density at radius 2 is 2.00 bits per heavy atom. The molecule has 0 atom stereocenters. The lowest BCUT2D eigenvalue weighted by Crippen LogP contribution is -2.49. The maximum absolute atomic E-state index is 12.2. The molecule has 0 aromatic carbocycles. The normalized spacial score (nSPS) is 21.8. The zero-order chi connectivity index (χ0) is 11.8. The lowest BCUT2D eigenvalue weighted by atomic mass is 10.3. The Labute approximate surface area is 111 Å². The fourth-order valence-electron chi connectivity index (χ4n) is 2.32. The number of hydrogen-bond donors (Lipinski definition) is 1. The van der Waals surface area contributed by atoms with E-state index in [1.54, 1.807) is 0 Å². The third-order valence-electron chi connectivity index (χ3n) is 3.46. The molecule has 2 aliphatic rings. The van der Waals surface area contributed by atoms with Crippen molar-refractivity contribution in [3.63, 3.8) is 0 Å². The number of carbonyl (C=O) groups is 1. The summed E-state index contributed by atoms with van der Waals surface area (Å²) in [5.41, 5.74) is 0. The fourth-order valence-corrected chi connectivity index (χ4v) is 3.44. The Balaban J connectivity index is 1.60. The average molecular weight is 268 g/mol. The van der Waals surface area contributed by atoms with Crippen LogP contribution in [-0.4, -0.2) is 47.9 Å². The average Bonchev–Trinajstić information content (AvgIpc) is 3.11. The molecule has 0 radical (unpaired) electrons. The Hall–Kier alpha value is -0.520. The topological polar surface area (TPSA) is 23.6 Å². The van der Waals surface area contributed by atoms with Crippen LogP contribution in [0.3, 0.4) is 0 Å². The largest absolute Gasteiger partial charge is 0.335 e. The second-order valence-electron chi connectivity index (χ2n) is 4.73. The molecule has 0 unspecified atom stereocenters. The maximum Gasteiger partial charge on any atom is 0.264 e. The highest BCUT2D eigenvalue weighted by atomic mass is 32.1. The van der Waals surface area contributed by atoms with Crippen LogP contribution in [0.1, 0.15) is 22.5 Å². The van der Waals surface area contributed by atoms with Crippen LogP contribution in [0.25, 0.3) is 0 Å². The number of carbonyl (C=O) groups excluding carboxylic acids is 1. The van der Waals surface area contributed by atoms with Crippen molar-refractivity contribution in [3.8, 4) is 0 Å². The van der Waals surface area contributed by atoms with Crippen LogP contribution in [0.5, 0.6) is 0 Å². The predicted octanol–water partition coefficient (Wildman–Crippen LogP) is 1.96. The summed E-state index contributed by atoms with van der Waals surface area (Å²) in [5, 5.41) is 1.91. The molecule has 2 fully saturated rings. The third-order valence-corrected chi connectivity index (χ3v) is 4.81. The lowest BCUT2D eigenvalue weighted by molar-refractivity contribution is 0.0632. The number of hydrogen-bond acceptors (Lipinski definition) is 4. The van der Waals surface area contributed by atoms with Crippen molar-refractivity contribution in [2.45, 2.75) is 23.8 Å². The van der Waals surface area contributed by atoms with Gasteiger partial charge in [0.1, 0.15) is 0 Å². The van der Waals surface area contributed by atoms with Gasteiger partial charge in [-0.05, 0) is 18.9 Å². The molecule has 5 heteroatoms. The standard InChI is InChI=1S/C12H16N2OS2/c15-12(11-7-10(16)8-17-11)14-5-3-13(4-6-14)9-1-2-9/h7-9,16H,1-6H2. The minimum absolute atomic E-state index is 0.172. The van der Waals surface area contributed by atoms with Crippen molar-refractivity contribution in [1.82, 2.24) is 9.80 Å². The van der Waals surface area contributed by atoms with Gasteiger partial charge in [-0.1, -0.05) is 0 Å². The van der Waals surface area contributed by atoms with Crippen LogP contribution in [0.2, 0.25) is 0 Å². The second kappa shape index (κ2) is 4.63. The highest BCUT2D eigenvalue weighted by molar-refractivity contribution is 7.80. The highest BCUT2D eigenvalue weighted by Gasteiger charge is 2.32. The van der Waals surface area contributed by atoms with E-state index in [1.807, 2.05) is 16.3 Å². The molecule has 3 rings (SSSR count). The number of rotatable bonds is 2. The van der Waals surface area contributed by atoms with Gasteiger partial charge in [0.2, 0.25) is 0 Å². The highest BCUT2D eigenvalue weighted by Crippen LogP contribution is 2.28. The first kappa shape index (κ1) is 11.6. The van der Waals surface area contributed by atoms with E-state index in [9.17, 15) is 4.79 Å². The monoisotopic (exact) mass is 268 g/mol. The number of piperazine rings is 1. The Kier molecular flexibility index (Phi) is 3.15. The van der Waals surface area contributed by atoms with Crippen LogP contribution in [0.4, 0.5) is 0 Å². The lowest BCUT2D eigenvalue weighted by Gasteiger charge is -2.34. The fraction of sp³-hybridized carbons (Fsp3) is 0.583. The van der Waals surface area contributed by atoms with Crippen LogP contribution < -0.4 is 0 Å². The summed E-state index contributed by atoms with van der Waals surface area (Å²) in [5.74, 6) is 0.172. The minimum atomic E-state index is 0.172. The number of thiophene rings is 1. The molecule has 1 aliphatic carbocycles. The van der Waals surface area contributed by atoms with Crippen molar-refractivity contribution in [2.24, 2.45) is 0 Å². The molecule has 92 valence electrons. The minimum Gasteiger partial charge on any atom is -0.335 e. The van der Waals surface area contributed by atoms with E-state index < -0.39 is 0 Å². The first-order valence-corrected chi connectivity index (χ1v) is 7.37. The molecular weight excluding hydrogens is 252 g/mol. The third kappa shape index (κ3) is 2.51. The quantitative estimate of drug-likeness (QED) is 0.829. The van der Waals surface area contributed by atoms with Crippen LogP contribution in [-0.2, 0) is 0 Å². The molecule has 0 bridgehead atoms. The molecule has 1 saturated heterocycles. The maximum atomic E-state index is 12.2. The number of amides is 1. The van der Waals surface area contributed by atoms with Crippen molar-refractivity contribution in [3.05, 3.63) is 16.3 Å². The van der Waals surface area contributed by atoms with Gasteiger partial charge in [-0.25, -0.2) is 0 Å². The predicted molar refractivity (Wildman–Crippen MR) is 72.1 cm³/mol. The first-order valence-electron chi connectivity index (χ1n) is 6.05. The van der Waals surface area contributed by atoms with E-state index >= 15 is 0 Å². The molecule has 1 saturated carbocycles. The van der Waals surface area contributed by atoms with E-state index in [2.05, 4.69) is 17.5 Å². The van der Waals surface area contributed by atoms with Crippen LogP contribution >= 0.6 is 24.0 Å². The van der Waals surface area contributed by atoms with Gasteiger partial charge in [-0.15, -0.1) is 24.0 Å². The Bertz CT molecular complexity index is 420. The molecule has 1 amide bonds. The van der Waals surface area contributed by atoms with E-state index in [-0.39, 0.29) is 5.91 Å². The van der Waals surface area contributed by atoms with Crippen molar-refractivity contribution >= 4 is 29.9 Å². The summed E-state index contributed by atoms with van der Waals surface area (Å²) in [6, 6.07) is 2.68. The Morgan fingerprint density at radius 1 is 1.29 bits per heavy atom. The molecule has 3 nitrogen and oxygen atoms in total. The van der Waals surface area contributed by atoms with Crippen LogP contribution in [0.15, 0.2) is 16.3 Å². The number of nitrogens with zero attached hydrogens (tertiary/aromatic N) is 2. The van der Waals surface area contributed by atoms with E-state index in [4.69, 9.17) is 0 Å². The Morgan fingerprint density at radius 3 is 2.53 bits per heavy atom. The second-order valence-corrected chi connectivity index (χ2v) is 6.16. The van der Waals surface area contributed by atoms with Gasteiger partial charge in [0.25, 0.3) is 5.91 Å². The van der Waals surface area contributed by atoms with Crippen LogP contribution in [0, 0.1) is 0 Å². The molecule has 0 N–H and O–H groups in total. The smallest absolute Gasteiger partial charge is 0.264 e. The summed E-state index contributed by atoms with van der Waals surface area (Å²) in [7, 11) is 0. The van der Waals surface area contributed by atoms with Crippen molar-refractivity contribution < 1.29 is 4.79 Å². The van der Waals surface area contributed by atoms with E-state index in [0.29, 0.717) is 0 Å². The van der Waals surface area contributed by atoms with Crippen molar-refractivity contribution in [2.75, 3.05) is 26.2 Å². The van der Waals surface area contributed by atoms with E-state index in [0.717, 1.165) is 42.0 Å². The van der Waals surface area contributed by atoms with E-state index in [1.165, 1.54) is 24.2 Å². The summed E-state index contributed by atoms with van der Waals surface area (Å²) >= 11 is 5.73. The molecular formula is C12H16N2OS2. The zero-order valence-electron chi connectivity index (χ0n) is 9.63. The summed E-state index contributed by atoms with van der Waals surface area (Å²) < 4.78 is 0. The van der Waals surface area contributed by atoms with Gasteiger partial charge in [0.15, 0.2) is 0 Å². The summed E-state index contributed by atoms with van der Waals surface area (Å²) in [6.07, 6.45) is 2.70. The van der Waals surface area contributed by atoms with Crippen molar-refractivity contribution in [1.29, 1.82) is 0 Å². The van der Waals surface area contributed by atoms with Gasteiger partial charge in [-0.2, -0.15) is 0 Å². The molecule has 1 aliphatic heterocycles. The molecule has 0 spiro atoms. The molecule has 17 heavy (non-hydrogen) atoms. The van der Waals surface area contributed by atoms with Gasteiger partial charge in [-0.3, -0.25) is 9.69 Å². The summed E-state index contributed by atoms with van der Waals surface area (Å²) in [4.78, 5) is 18.4. The van der Waals surface area contributed by atoms with Gasteiger partial charge in [0.05, 0.1) is 4.88 Å². The summed E-state index contributed by atoms with van der Waals surface area (Å²) in [6.45, 7) is 3.81. The molecule has 1 aromatic rings. The zero-order valence-corrected chi connectivity index (χ0v) is 11.3. The first-order chi connectivity index (χ1) is 8.24. The number of thiol groups is 1. The molecule has 1 aromatic heterocycles. The van der Waals surface area contributed by atoms with Gasteiger partial charge < -0.3 is 4.90 Å². The SMILES string of the molecule is O=C(c1cc(S)cs1)N1CCN(C2CC2)CC1.